The van der Waals surface area contributed by atoms with Crippen molar-refractivity contribution in [2.24, 2.45) is 0 Å². The Morgan fingerprint density at radius 3 is 2.83 bits per heavy atom. The van der Waals surface area contributed by atoms with Crippen LogP contribution >= 0.6 is 0 Å². The maximum atomic E-state index is 10.7. The second-order valence-corrected chi connectivity index (χ2v) is 7.83. The number of rotatable bonds is 8. The van der Waals surface area contributed by atoms with Gasteiger partial charge in [-0.05, 0) is 36.6 Å². The van der Waals surface area contributed by atoms with E-state index in [1.807, 2.05) is 19.2 Å². The lowest BCUT2D eigenvalue weighted by Crippen LogP contribution is -2.30. The Morgan fingerprint density at radius 2 is 2.03 bits per heavy atom. The number of aromatic nitrogens is 3. The van der Waals surface area contributed by atoms with Crippen LogP contribution in [0.3, 0.4) is 0 Å². The zero-order valence-electron chi connectivity index (χ0n) is 19.6. The average molecular weight is 469 g/mol. The minimum atomic E-state index is 0.383. The number of nitrogens with zero attached hydrogens (tertiary/aromatic N) is 3. The number of amides is 1. The maximum Gasteiger partial charge on any atom is 0.238 e. The fourth-order valence-electron chi connectivity index (χ4n) is 3.68. The van der Waals surface area contributed by atoms with Crippen molar-refractivity contribution in [1.29, 1.82) is 0 Å². The van der Waals surface area contributed by atoms with Crippen molar-refractivity contribution in [3.05, 3.63) is 97.0 Å². The summed E-state index contributed by atoms with van der Waals surface area (Å²) in [6.07, 6.45) is 8.97. The Balaban J connectivity index is 0.000000917. The molecule has 0 saturated heterocycles. The van der Waals surface area contributed by atoms with Gasteiger partial charge in [-0.25, -0.2) is 15.4 Å². The summed E-state index contributed by atoms with van der Waals surface area (Å²) >= 11 is 0. The Hall–Kier alpha value is -4.43. The first-order chi connectivity index (χ1) is 17.2. The van der Waals surface area contributed by atoms with Gasteiger partial charge in [0.1, 0.15) is 11.3 Å². The SMILES string of the molecule is C=CC.O=CNc1cccc(Oc2cnc3[nH]cc(C4=CN(CCc5ccccc5)NC4)c3n2)c1. The molecule has 0 atom stereocenters. The number of fused-ring (bicyclic) bond motifs is 1. The fraction of sp³-hybridized carbons (Fsp3) is 0.148. The summed E-state index contributed by atoms with van der Waals surface area (Å²) in [5.74, 6) is 0.950. The zero-order valence-corrected chi connectivity index (χ0v) is 19.6. The Kier molecular flexibility index (Phi) is 7.88. The molecule has 1 aliphatic rings. The molecule has 0 bridgehead atoms. The first kappa shape index (κ1) is 23.7. The second kappa shape index (κ2) is 11.6. The van der Waals surface area contributed by atoms with Gasteiger partial charge in [0.25, 0.3) is 0 Å². The molecule has 0 fully saturated rings. The number of aromatic amines is 1. The largest absolute Gasteiger partial charge is 0.437 e. The number of nitrogens with one attached hydrogen (secondary N) is 3. The van der Waals surface area contributed by atoms with Gasteiger partial charge >= 0.3 is 0 Å². The monoisotopic (exact) mass is 468 g/mol. The molecular formula is C27H28N6O2. The van der Waals surface area contributed by atoms with E-state index in [1.54, 1.807) is 36.5 Å². The summed E-state index contributed by atoms with van der Waals surface area (Å²) in [5, 5.41) is 4.72. The van der Waals surface area contributed by atoms with E-state index < -0.39 is 0 Å². The van der Waals surface area contributed by atoms with E-state index in [-0.39, 0.29) is 0 Å². The van der Waals surface area contributed by atoms with Crippen LogP contribution in [-0.4, -0.2) is 39.5 Å². The van der Waals surface area contributed by atoms with Crippen LogP contribution in [0.15, 0.2) is 85.8 Å². The number of benzene rings is 2. The summed E-state index contributed by atoms with van der Waals surface area (Å²) in [6, 6.07) is 17.5. The van der Waals surface area contributed by atoms with Gasteiger partial charge < -0.3 is 20.0 Å². The Bertz CT molecular complexity index is 1320. The minimum Gasteiger partial charge on any atom is -0.437 e. The highest BCUT2D eigenvalue weighted by Gasteiger charge is 2.18. The summed E-state index contributed by atoms with van der Waals surface area (Å²) in [5.41, 5.74) is 8.94. The summed E-state index contributed by atoms with van der Waals surface area (Å²) in [6.45, 7) is 6.84. The molecule has 2 aromatic heterocycles. The van der Waals surface area contributed by atoms with Crippen molar-refractivity contribution < 1.29 is 9.53 Å². The van der Waals surface area contributed by atoms with Gasteiger partial charge in [-0.2, -0.15) is 0 Å². The van der Waals surface area contributed by atoms with E-state index in [0.717, 1.165) is 29.6 Å². The van der Waals surface area contributed by atoms with Gasteiger partial charge in [-0.15, -0.1) is 6.58 Å². The quantitative estimate of drug-likeness (QED) is 0.251. The van der Waals surface area contributed by atoms with Crippen LogP contribution in [0.4, 0.5) is 5.69 Å². The summed E-state index contributed by atoms with van der Waals surface area (Å²) < 4.78 is 5.88. The molecule has 3 N–H and O–H groups in total. The van der Waals surface area contributed by atoms with Gasteiger partial charge in [0.15, 0.2) is 5.65 Å². The van der Waals surface area contributed by atoms with E-state index in [2.05, 4.69) is 67.7 Å². The number of hydrazine groups is 1. The third-order valence-electron chi connectivity index (χ3n) is 5.26. The van der Waals surface area contributed by atoms with Crippen molar-refractivity contribution >= 4 is 28.8 Å². The number of allylic oxidation sites excluding steroid dienone is 1. The number of hydrogen-bond donors (Lipinski definition) is 3. The van der Waals surface area contributed by atoms with Crippen LogP contribution in [0.25, 0.3) is 16.7 Å². The maximum absolute atomic E-state index is 10.7. The molecule has 8 heteroatoms. The molecule has 0 spiro atoms. The van der Waals surface area contributed by atoms with Crippen molar-refractivity contribution in [3.63, 3.8) is 0 Å². The van der Waals surface area contributed by atoms with Crippen LogP contribution in [-0.2, 0) is 11.2 Å². The van der Waals surface area contributed by atoms with E-state index in [9.17, 15) is 4.79 Å². The van der Waals surface area contributed by atoms with Crippen LogP contribution in [0.5, 0.6) is 11.6 Å². The molecule has 0 saturated carbocycles. The third kappa shape index (κ3) is 6.13. The molecule has 2 aromatic carbocycles. The second-order valence-electron chi connectivity index (χ2n) is 7.83. The molecule has 35 heavy (non-hydrogen) atoms. The molecule has 0 radical (unpaired) electrons. The van der Waals surface area contributed by atoms with Gasteiger partial charge in [0.2, 0.25) is 12.3 Å². The van der Waals surface area contributed by atoms with Gasteiger partial charge in [0.05, 0.1) is 6.20 Å². The Labute approximate surface area is 204 Å². The standard InChI is InChI=1S/C24H22N6O2.C3H6/c31-16-27-19-7-4-8-20(11-19)32-22-14-26-24-23(29-22)21(13-25-24)18-12-28-30(15-18)10-9-17-5-2-1-3-6-17;1-3-2/h1-8,11,13-16,28H,9-10,12H2,(H,25,26)(H,27,31);3H,1H2,2H3. The molecule has 0 aliphatic carbocycles. The highest BCUT2D eigenvalue weighted by atomic mass is 16.5. The number of carbonyl (C=O) groups is 1. The summed E-state index contributed by atoms with van der Waals surface area (Å²) in [7, 11) is 0. The first-order valence-electron chi connectivity index (χ1n) is 11.3. The number of anilines is 1. The van der Waals surface area contributed by atoms with Gasteiger partial charge in [-0.3, -0.25) is 4.79 Å². The number of carbonyl (C=O) groups excluding carboxylic acids is 1. The number of ether oxygens (including phenoxy) is 1. The van der Waals surface area contributed by atoms with Crippen LogP contribution in [0.1, 0.15) is 18.1 Å². The third-order valence-corrected chi connectivity index (χ3v) is 5.26. The Morgan fingerprint density at radius 1 is 1.20 bits per heavy atom. The van der Waals surface area contributed by atoms with Crippen molar-refractivity contribution in [2.45, 2.75) is 13.3 Å². The lowest BCUT2D eigenvalue weighted by atomic mass is 10.1. The molecule has 178 valence electrons. The molecule has 8 nitrogen and oxygen atoms in total. The highest BCUT2D eigenvalue weighted by molar-refractivity contribution is 5.88. The van der Waals surface area contributed by atoms with Crippen molar-refractivity contribution in [3.8, 4) is 11.6 Å². The van der Waals surface area contributed by atoms with Gasteiger partial charge in [-0.1, -0.05) is 42.5 Å². The molecule has 1 amide bonds. The number of hydrogen-bond acceptors (Lipinski definition) is 6. The molecule has 5 rings (SSSR count). The molecule has 4 aromatic rings. The van der Waals surface area contributed by atoms with E-state index >= 15 is 0 Å². The zero-order chi connectivity index (χ0) is 24.5. The summed E-state index contributed by atoms with van der Waals surface area (Å²) in [4.78, 5) is 23.0. The lowest BCUT2D eigenvalue weighted by Gasteiger charge is -2.15. The van der Waals surface area contributed by atoms with Crippen LogP contribution < -0.4 is 15.5 Å². The predicted molar refractivity (Wildman–Crippen MR) is 139 cm³/mol. The van der Waals surface area contributed by atoms with Crippen molar-refractivity contribution in [2.75, 3.05) is 18.4 Å². The highest BCUT2D eigenvalue weighted by Crippen LogP contribution is 2.28. The molecule has 0 unspecified atom stereocenters. The van der Waals surface area contributed by atoms with Crippen LogP contribution in [0.2, 0.25) is 0 Å². The number of H-pyrrole nitrogens is 1. The predicted octanol–water partition coefficient (Wildman–Crippen LogP) is 4.91. The topological polar surface area (TPSA) is 95.2 Å². The van der Waals surface area contributed by atoms with E-state index in [1.165, 1.54) is 5.56 Å². The van der Waals surface area contributed by atoms with Gasteiger partial charge in [0, 0.05) is 42.8 Å². The van der Waals surface area contributed by atoms with E-state index in [4.69, 9.17) is 4.74 Å². The normalized spacial score (nSPS) is 12.5. The lowest BCUT2D eigenvalue weighted by molar-refractivity contribution is -0.105. The van der Waals surface area contributed by atoms with E-state index in [0.29, 0.717) is 35.9 Å². The smallest absolute Gasteiger partial charge is 0.238 e. The fourth-order valence-corrected chi connectivity index (χ4v) is 3.68. The minimum absolute atomic E-state index is 0.383. The molecular weight excluding hydrogens is 440 g/mol. The average Bonchev–Trinajstić information content (AvgIpc) is 3.51. The van der Waals surface area contributed by atoms with Crippen molar-refractivity contribution in [1.82, 2.24) is 25.4 Å². The first-order valence-corrected chi connectivity index (χ1v) is 11.3. The van der Waals surface area contributed by atoms with Crippen LogP contribution in [0, 0.1) is 0 Å². The molecule has 3 heterocycles. The molecule has 1 aliphatic heterocycles.